The average molecular weight is 464 g/mol. The first-order valence-electron chi connectivity index (χ1n) is 11.6. The molecule has 2 aliphatic rings. The van der Waals surface area contributed by atoms with E-state index in [2.05, 4.69) is 6.92 Å². The SMILES string of the molecule is CCc1c2c(nc3ccc(O)c(CN(C)C)c13)-c1cc3c(c(=O)n1C2)COC(=O)CC3(O)CC. The quantitative estimate of drug-likeness (QED) is 0.449. The lowest BCUT2D eigenvalue weighted by molar-refractivity contribution is -0.149. The van der Waals surface area contributed by atoms with Gasteiger partial charge in [0, 0.05) is 23.1 Å². The number of carbonyl (C=O) groups is 1. The van der Waals surface area contributed by atoms with Gasteiger partial charge in [-0.15, -0.1) is 0 Å². The summed E-state index contributed by atoms with van der Waals surface area (Å²) in [6.07, 6.45) is 0.804. The number of esters is 1. The van der Waals surface area contributed by atoms with Crippen LogP contribution in [0.2, 0.25) is 0 Å². The number of nitrogens with zero attached hydrogens (tertiary/aromatic N) is 3. The van der Waals surface area contributed by atoms with Crippen LogP contribution in [0.25, 0.3) is 22.3 Å². The monoisotopic (exact) mass is 463 g/mol. The van der Waals surface area contributed by atoms with Gasteiger partial charge in [-0.3, -0.25) is 9.59 Å². The lowest BCUT2D eigenvalue weighted by Crippen LogP contribution is -2.32. The van der Waals surface area contributed by atoms with Crippen molar-refractivity contribution in [2.75, 3.05) is 14.1 Å². The molecule has 2 aliphatic heterocycles. The number of aromatic hydroxyl groups is 1. The molecule has 4 heterocycles. The summed E-state index contributed by atoms with van der Waals surface area (Å²) >= 11 is 0. The summed E-state index contributed by atoms with van der Waals surface area (Å²) in [5.41, 5.74) is 3.97. The second kappa shape index (κ2) is 7.92. The molecule has 5 rings (SSSR count). The van der Waals surface area contributed by atoms with Gasteiger partial charge in [0.2, 0.25) is 0 Å². The van der Waals surface area contributed by atoms with Gasteiger partial charge < -0.3 is 24.4 Å². The maximum atomic E-state index is 13.6. The van der Waals surface area contributed by atoms with Crippen molar-refractivity contribution in [3.8, 4) is 17.1 Å². The number of benzene rings is 1. The Balaban J connectivity index is 1.80. The Bertz CT molecular complexity index is 1410. The Morgan fingerprint density at radius 3 is 2.62 bits per heavy atom. The van der Waals surface area contributed by atoms with Gasteiger partial charge in [-0.1, -0.05) is 13.8 Å². The number of hydrogen-bond donors (Lipinski definition) is 2. The van der Waals surface area contributed by atoms with Crippen LogP contribution >= 0.6 is 0 Å². The standard InChI is InChI=1S/C26H29N3O5/c1-5-14-15-12-29-20(9-18-17(25(29)32)13-34-22(31)10-26(18,33)6-2)24(15)27-19-7-8-21(30)16(23(14)19)11-28(3)4/h7-9,30,33H,5-6,10-13H2,1-4H3. The van der Waals surface area contributed by atoms with Crippen molar-refractivity contribution in [3.63, 3.8) is 0 Å². The first-order chi connectivity index (χ1) is 16.2. The fraction of sp³-hybridized carbons (Fsp3) is 0.423. The molecule has 0 amide bonds. The zero-order chi connectivity index (χ0) is 24.4. The molecule has 2 N–H and O–H groups in total. The van der Waals surface area contributed by atoms with E-state index in [0.717, 1.165) is 27.6 Å². The van der Waals surface area contributed by atoms with Crippen LogP contribution < -0.4 is 5.56 Å². The summed E-state index contributed by atoms with van der Waals surface area (Å²) in [6, 6.07) is 5.29. The molecule has 0 spiro atoms. The zero-order valence-corrected chi connectivity index (χ0v) is 19.9. The number of fused-ring (bicyclic) bond motifs is 5. The topological polar surface area (TPSA) is 105 Å². The van der Waals surface area contributed by atoms with Gasteiger partial charge in [0.25, 0.3) is 5.56 Å². The summed E-state index contributed by atoms with van der Waals surface area (Å²) in [7, 11) is 3.91. The molecule has 1 unspecified atom stereocenters. The highest BCUT2D eigenvalue weighted by molar-refractivity contribution is 5.92. The number of phenols is 1. The van der Waals surface area contributed by atoms with E-state index in [1.807, 2.05) is 31.1 Å². The summed E-state index contributed by atoms with van der Waals surface area (Å²) in [5, 5.41) is 22.9. The van der Waals surface area contributed by atoms with Crippen LogP contribution in [0.3, 0.4) is 0 Å². The van der Waals surface area contributed by atoms with E-state index >= 15 is 0 Å². The van der Waals surface area contributed by atoms with Crippen molar-refractivity contribution in [1.82, 2.24) is 14.5 Å². The fourth-order valence-corrected chi connectivity index (χ4v) is 5.39. The molecule has 0 radical (unpaired) electrons. The van der Waals surface area contributed by atoms with Gasteiger partial charge in [-0.05, 0) is 56.3 Å². The van der Waals surface area contributed by atoms with Gasteiger partial charge in [0.1, 0.15) is 18.0 Å². The Labute approximate surface area is 197 Å². The number of cyclic esters (lactones) is 1. The van der Waals surface area contributed by atoms with Crippen molar-refractivity contribution in [1.29, 1.82) is 0 Å². The smallest absolute Gasteiger partial charge is 0.309 e. The molecule has 1 atom stereocenters. The maximum absolute atomic E-state index is 13.6. The number of aliphatic hydroxyl groups is 1. The van der Waals surface area contributed by atoms with Crippen LogP contribution in [0, 0.1) is 0 Å². The highest BCUT2D eigenvalue weighted by atomic mass is 16.5. The Kier molecular flexibility index (Phi) is 5.26. The average Bonchev–Trinajstić information content (AvgIpc) is 3.10. The summed E-state index contributed by atoms with van der Waals surface area (Å²) in [6.45, 7) is 4.61. The largest absolute Gasteiger partial charge is 0.508 e. The van der Waals surface area contributed by atoms with E-state index in [1.165, 1.54) is 0 Å². The highest BCUT2D eigenvalue weighted by Gasteiger charge is 2.39. The maximum Gasteiger partial charge on any atom is 0.309 e. The third-order valence-electron chi connectivity index (χ3n) is 7.14. The predicted molar refractivity (Wildman–Crippen MR) is 128 cm³/mol. The number of carbonyl (C=O) groups excluding carboxylic acids is 1. The second-order valence-corrected chi connectivity index (χ2v) is 9.50. The van der Waals surface area contributed by atoms with Gasteiger partial charge in [0.05, 0.1) is 35.4 Å². The van der Waals surface area contributed by atoms with Gasteiger partial charge in [-0.25, -0.2) is 4.98 Å². The van der Waals surface area contributed by atoms with Crippen LogP contribution in [0.1, 0.15) is 54.5 Å². The minimum atomic E-state index is -1.46. The Morgan fingerprint density at radius 2 is 1.94 bits per heavy atom. The number of phenolic OH excluding ortho intramolecular Hbond substituents is 1. The van der Waals surface area contributed by atoms with Crippen molar-refractivity contribution in [3.05, 3.63) is 56.4 Å². The van der Waals surface area contributed by atoms with E-state index < -0.39 is 11.6 Å². The summed E-state index contributed by atoms with van der Waals surface area (Å²) < 4.78 is 6.92. The molecule has 34 heavy (non-hydrogen) atoms. The number of pyridine rings is 2. The molecule has 8 heteroatoms. The third kappa shape index (κ3) is 3.24. The van der Waals surface area contributed by atoms with Gasteiger partial charge >= 0.3 is 5.97 Å². The number of aromatic nitrogens is 2. The van der Waals surface area contributed by atoms with Crippen molar-refractivity contribution >= 4 is 16.9 Å². The second-order valence-electron chi connectivity index (χ2n) is 9.50. The molecule has 0 fully saturated rings. The number of hydrogen-bond acceptors (Lipinski definition) is 7. The molecule has 8 nitrogen and oxygen atoms in total. The van der Waals surface area contributed by atoms with Crippen LogP contribution in [-0.2, 0) is 41.2 Å². The van der Waals surface area contributed by atoms with E-state index in [9.17, 15) is 19.8 Å². The lowest BCUT2D eigenvalue weighted by atomic mass is 9.85. The molecule has 3 aromatic rings. The van der Waals surface area contributed by atoms with E-state index in [4.69, 9.17) is 9.72 Å². The van der Waals surface area contributed by atoms with Gasteiger partial charge in [-0.2, -0.15) is 0 Å². The molecule has 1 aromatic carbocycles. The van der Waals surface area contributed by atoms with Gasteiger partial charge in [0.15, 0.2) is 0 Å². The molecule has 0 bridgehead atoms. The number of ether oxygens (including phenoxy) is 1. The minimum Gasteiger partial charge on any atom is -0.508 e. The number of rotatable bonds is 4. The van der Waals surface area contributed by atoms with Crippen LogP contribution in [0.4, 0.5) is 0 Å². The third-order valence-corrected chi connectivity index (χ3v) is 7.14. The van der Waals surface area contributed by atoms with E-state index in [-0.39, 0.29) is 30.8 Å². The minimum absolute atomic E-state index is 0.150. The molecular weight excluding hydrogens is 434 g/mol. The van der Waals surface area contributed by atoms with Crippen molar-refractivity contribution < 1.29 is 19.7 Å². The molecule has 0 saturated carbocycles. The molecule has 178 valence electrons. The molecular formula is C26H29N3O5. The predicted octanol–water partition coefficient (Wildman–Crippen LogP) is 2.80. The summed E-state index contributed by atoms with van der Waals surface area (Å²) in [5.74, 6) is -0.289. The highest BCUT2D eigenvalue weighted by Crippen LogP contribution is 2.42. The number of aryl methyl sites for hydroxylation is 1. The first kappa shape index (κ1) is 22.6. The van der Waals surface area contributed by atoms with E-state index in [0.29, 0.717) is 42.0 Å². The molecule has 2 aromatic heterocycles. The van der Waals surface area contributed by atoms with Crippen LogP contribution in [0.15, 0.2) is 23.0 Å². The zero-order valence-electron chi connectivity index (χ0n) is 19.9. The normalized spacial score (nSPS) is 19.1. The van der Waals surface area contributed by atoms with Crippen molar-refractivity contribution in [2.24, 2.45) is 0 Å². The molecule has 0 saturated heterocycles. The summed E-state index contributed by atoms with van der Waals surface area (Å²) in [4.78, 5) is 32.7. The van der Waals surface area contributed by atoms with Crippen LogP contribution in [0.5, 0.6) is 5.75 Å². The first-order valence-corrected chi connectivity index (χ1v) is 11.6. The Morgan fingerprint density at radius 1 is 1.18 bits per heavy atom. The van der Waals surface area contributed by atoms with Crippen molar-refractivity contribution in [2.45, 2.75) is 58.4 Å². The van der Waals surface area contributed by atoms with Crippen LogP contribution in [-0.4, -0.2) is 44.7 Å². The fourth-order valence-electron chi connectivity index (χ4n) is 5.39. The lowest BCUT2D eigenvalue weighted by Gasteiger charge is -2.26. The molecule has 0 aliphatic carbocycles. The van der Waals surface area contributed by atoms with E-state index in [1.54, 1.807) is 17.6 Å². The Hall–Kier alpha value is -3.23.